The van der Waals surface area contributed by atoms with Gasteiger partial charge in [0.25, 0.3) is 0 Å². The normalized spacial score (nSPS) is 13.2. The fourth-order valence-electron chi connectivity index (χ4n) is 1.96. The first kappa shape index (κ1) is 11.1. The van der Waals surface area contributed by atoms with Crippen LogP contribution in [-0.2, 0) is 7.05 Å². The highest BCUT2D eigenvalue weighted by atomic mass is 19.1. The SMILES string of the molecule is CNCC(O)c1cn(C)c2cc(F)ccc12. The number of aromatic nitrogens is 1. The summed E-state index contributed by atoms with van der Waals surface area (Å²) >= 11 is 0. The Morgan fingerprint density at radius 2 is 2.25 bits per heavy atom. The molecule has 1 atom stereocenters. The molecule has 1 unspecified atom stereocenters. The maximum absolute atomic E-state index is 13.1. The number of hydrogen-bond acceptors (Lipinski definition) is 2. The van der Waals surface area contributed by atoms with E-state index >= 15 is 0 Å². The van der Waals surface area contributed by atoms with Crippen molar-refractivity contribution >= 4 is 10.9 Å². The van der Waals surface area contributed by atoms with Crippen LogP contribution in [0.15, 0.2) is 24.4 Å². The van der Waals surface area contributed by atoms with Crippen LogP contribution in [0.3, 0.4) is 0 Å². The Labute approximate surface area is 93.5 Å². The summed E-state index contributed by atoms with van der Waals surface area (Å²) in [5, 5.41) is 13.7. The summed E-state index contributed by atoms with van der Waals surface area (Å²) in [6.07, 6.45) is 1.27. The number of rotatable bonds is 3. The van der Waals surface area contributed by atoms with E-state index in [4.69, 9.17) is 0 Å². The smallest absolute Gasteiger partial charge is 0.125 e. The van der Waals surface area contributed by atoms with Crippen LogP contribution < -0.4 is 5.32 Å². The first-order chi connectivity index (χ1) is 7.63. The van der Waals surface area contributed by atoms with Crippen molar-refractivity contribution in [2.24, 2.45) is 7.05 Å². The Bertz CT molecular complexity index is 507. The molecule has 1 heterocycles. The van der Waals surface area contributed by atoms with E-state index in [1.807, 2.05) is 17.8 Å². The third-order valence-electron chi connectivity index (χ3n) is 2.74. The molecule has 0 aliphatic heterocycles. The summed E-state index contributed by atoms with van der Waals surface area (Å²) < 4.78 is 14.9. The molecule has 0 amide bonds. The average Bonchev–Trinajstić information content (AvgIpc) is 2.56. The van der Waals surface area contributed by atoms with Gasteiger partial charge >= 0.3 is 0 Å². The van der Waals surface area contributed by atoms with Gasteiger partial charge in [0.2, 0.25) is 0 Å². The highest BCUT2D eigenvalue weighted by molar-refractivity contribution is 5.84. The zero-order valence-corrected chi connectivity index (χ0v) is 9.37. The largest absolute Gasteiger partial charge is 0.387 e. The average molecular weight is 222 g/mol. The molecule has 0 fully saturated rings. The number of nitrogens with zero attached hydrogens (tertiary/aromatic N) is 1. The minimum absolute atomic E-state index is 0.261. The minimum Gasteiger partial charge on any atom is -0.387 e. The van der Waals surface area contributed by atoms with Crippen molar-refractivity contribution in [3.05, 3.63) is 35.8 Å². The number of benzene rings is 1. The summed E-state index contributed by atoms with van der Waals surface area (Å²) in [5.74, 6) is -0.261. The van der Waals surface area contributed by atoms with E-state index in [2.05, 4.69) is 5.32 Å². The van der Waals surface area contributed by atoms with Crippen LogP contribution in [0.25, 0.3) is 10.9 Å². The van der Waals surface area contributed by atoms with E-state index < -0.39 is 6.10 Å². The van der Waals surface area contributed by atoms with Gasteiger partial charge in [-0.05, 0) is 25.2 Å². The third-order valence-corrected chi connectivity index (χ3v) is 2.74. The Kier molecular flexibility index (Phi) is 2.94. The summed E-state index contributed by atoms with van der Waals surface area (Å²) in [6.45, 7) is 0.483. The van der Waals surface area contributed by atoms with Gasteiger partial charge in [0.05, 0.1) is 11.6 Å². The van der Waals surface area contributed by atoms with Gasteiger partial charge in [-0.15, -0.1) is 0 Å². The maximum Gasteiger partial charge on any atom is 0.125 e. The number of nitrogens with one attached hydrogen (secondary N) is 1. The molecule has 3 nitrogen and oxygen atoms in total. The molecule has 1 aromatic carbocycles. The van der Waals surface area contributed by atoms with E-state index in [0.717, 1.165) is 16.5 Å². The maximum atomic E-state index is 13.1. The van der Waals surface area contributed by atoms with Crippen LogP contribution in [0.2, 0.25) is 0 Å². The topological polar surface area (TPSA) is 37.2 Å². The number of fused-ring (bicyclic) bond motifs is 1. The van der Waals surface area contributed by atoms with Gasteiger partial charge in [-0.1, -0.05) is 0 Å². The molecule has 2 N–H and O–H groups in total. The molecular weight excluding hydrogens is 207 g/mol. The van der Waals surface area contributed by atoms with Gasteiger partial charge in [0, 0.05) is 30.7 Å². The Morgan fingerprint density at radius 3 is 2.94 bits per heavy atom. The standard InChI is InChI=1S/C12H15FN2O/c1-14-6-12(16)10-7-15(2)11-5-8(13)3-4-9(10)11/h3-5,7,12,14,16H,6H2,1-2H3. The highest BCUT2D eigenvalue weighted by Gasteiger charge is 2.14. The Morgan fingerprint density at radius 1 is 1.50 bits per heavy atom. The van der Waals surface area contributed by atoms with E-state index in [0.29, 0.717) is 6.54 Å². The molecule has 86 valence electrons. The van der Waals surface area contributed by atoms with E-state index in [1.165, 1.54) is 12.1 Å². The number of aliphatic hydroxyl groups excluding tert-OH is 1. The first-order valence-electron chi connectivity index (χ1n) is 5.20. The van der Waals surface area contributed by atoms with Crippen molar-refractivity contribution in [1.82, 2.24) is 9.88 Å². The quantitative estimate of drug-likeness (QED) is 0.827. The number of halogens is 1. The van der Waals surface area contributed by atoms with Crippen molar-refractivity contribution < 1.29 is 9.50 Å². The Balaban J connectivity index is 2.55. The van der Waals surface area contributed by atoms with Crippen LogP contribution in [0.5, 0.6) is 0 Å². The third kappa shape index (κ3) is 1.81. The number of likely N-dealkylation sites (N-methyl/N-ethyl adjacent to an activating group) is 1. The van der Waals surface area contributed by atoms with Crippen molar-refractivity contribution in [2.45, 2.75) is 6.10 Å². The van der Waals surface area contributed by atoms with E-state index in [9.17, 15) is 9.50 Å². The lowest BCUT2D eigenvalue weighted by Gasteiger charge is -2.08. The molecule has 0 saturated heterocycles. The number of hydrogen-bond donors (Lipinski definition) is 2. The lowest BCUT2D eigenvalue weighted by atomic mass is 10.1. The summed E-state index contributed by atoms with van der Waals surface area (Å²) in [6, 6.07) is 4.60. The van der Waals surface area contributed by atoms with Gasteiger partial charge in [-0.2, -0.15) is 0 Å². The number of aliphatic hydroxyl groups is 1. The molecular formula is C12H15FN2O. The van der Waals surface area contributed by atoms with Crippen LogP contribution in [0.1, 0.15) is 11.7 Å². The molecule has 4 heteroatoms. The van der Waals surface area contributed by atoms with Gasteiger partial charge in [0.1, 0.15) is 5.82 Å². The molecule has 0 saturated carbocycles. The molecule has 1 aromatic heterocycles. The fourth-order valence-corrected chi connectivity index (χ4v) is 1.96. The molecule has 0 aliphatic carbocycles. The predicted octanol–water partition coefficient (Wildman–Crippen LogP) is 1.57. The van der Waals surface area contributed by atoms with Crippen LogP contribution in [0, 0.1) is 5.82 Å². The molecule has 2 aromatic rings. The minimum atomic E-state index is -0.570. The van der Waals surface area contributed by atoms with Gasteiger partial charge in [-0.25, -0.2) is 4.39 Å². The molecule has 0 bridgehead atoms. The fraction of sp³-hybridized carbons (Fsp3) is 0.333. The van der Waals surface area contributed by atoms with Gasteiger partial charge < -0.3 is 15.0 Å². The summed E-state index contributed by atoms with van der Waals surface area (Å²) in [5.41, 5.74) is 1.62. The van der Waals surface area contributed by atoms with Gasteiger partial charge in [-0.3, -0.25) is 0 Å². The zero-order valence-electron chi connectivity index (χ0n) is 9.37. The van der Waals surface area contributed by atoms with Gasteiger partial charge in [0.15, 0.2) is 0 Å². The Hall–Kier alpha value is -1.39. The lowest BCUT2D eigenvalue weighted by molar-refractivity contribution is 0.179. The van der Waals surface area contributed by atoms with E-state index in [1.54, 1.807) is 13.1 Å². The van der Waals surface area contributed by atoms with Crippen molar-refractivity contribution in [3.63, 3.8) is 0 Å². The monoisotopic (exact) mass is 222 g/mol. The van der Waals surface area contributed by atoms with Crippen LogP contribution >= 0.6 is 0 Å². The predicted molar refractivity (Wildman–Crippen MR) is 61.8 cm³/mol. The second-order valence-electron chi connectivity index (χ2n) is 3.93. The first-order valence-corrected chi connectivity index (χ1v) is 5.20. The lowest BCUT2D eigenvalue weighted by Crippen LogP contribution is -2.16. The highest BCUT2D eigenvalue weighted by Crippen LogP contribution is 2.26. The van der Waals surface area contributed by atoms with Crippen molar-refractivity contribution in [1.29, 1.82) is 0 Å². The zero-order chi connectivity index (χ0) is 11.7. The second kappa shape index (κ2) is 4.23. The van der Waals surface area contributed by atoms with Crippen molar-refractivity contribution in [2.75, 3.05) is 13.6 Å². The summed E-state index contributed by atoms with van der Waals surface area (Å²) in [7, 11) is 3.63. The molecule has 0 radical (unpaired) electrons. The second-order valence-corrected chi connectivity index (χ2v) is 3.93. The molecule has 16 heavy (non-hydrogen) atoms. The van der Waals surface area contributed by atoms with Crippen molar-refractivity contribution in [3.8, 4) is 0 Å². The number of aryl methyl sites for hydroxylation is 1. The molecule has 0 spiro atoms. The molecule has 2 rings (SSSR count). The molecule has 0 aliphatic rings. The summed E-state index contributed by atoms with van der Waals surface area (Å²) in [4.78, 5) is 0. The van der Waals surface area contributed by atoms with Crippen LogP contribution in [-0.4, -0.2) is 23.3 Å². The van der Waals surface area contributed by atoms with E-state index in [-0.39, 0.29) is 5.82 Å². The van der Waals surface area contributed by atoms with Crippen LogP contribution in [0.4, 0.5) is 4.39 Å².